The predicted molar refractivity (Wildman–Crippen MR) is 226 cm³/mol. The van der Waals surface area contributed by atoms with Crippen molar-refractivity contribution < 1.29 is 18.7 Å². The van der Waals surface area contributed by atoms with Gasteiger partial charge in [-0.2, -0.15) is 0 Å². The Kier molecular flexibility index (Phi) is 16.9. The lowest BCUT2D eigenvalue weighted by molar-refractivity contribution is -0.121. The number of halogens is 3. The zero-order chi connectivity index (χ0) is 37.1. The molecule has 1 heterocycles. The number of aryl methyl sites for hydroxylation is 1. The Morgan fingerprint density at radius 1 is 0.855 bits per heavy atom. The first-order valence-electron chi connectivity index (χ1n) is 19.7. The van der Waals surface area contributed by atoms with Gasteiger partial charge in [-0.1, -0.05) is 79.2 Å². The van der Waals surface area contributed by atoms with Crippen LogP contribution in [0.15, 0.2) is 97.1 Å². The minimum absolute atomic E-state index is 0. The topological polar surface area (TPSA) is 85.6 Å². The highest BCUT2D eigenvalue weighted by Gasteiger charge is 2.45. The maximum Gasteiger partial charge on any atom is 0.220 e. The summed E-state index contributed by atoms with van der Waals surface area (Å²) in [4.78, 5) is 12.9. The van der Waals surface area contributed by atoms with E-state index < -0.39 is 0 Å². The molecule has 1 unspecified atom stereocenters. The molecular weight excluding hydrogens is 732 g/mol. The number of nitrogens with one attached hydrogen (secondary N) is 2. The average molecular weight is 793 g/mol. The minimum Gasteiger partial charge on any atom is -0.493 e. The molecule has 4 aromatic rings. The third-order valence-corrected chi connectivity index (χ3v) is 12.3. The van der Waals surface area contributed by atoms with Gasteiger partial charge in [0.25, 0.3) is 0 Å². The van der Waals surface area contributed by atoms with Gasteiger partial charge in [-0.15, -0.1) is 24.8 Å². The van der Waals surface area contributed by atoms with Gasteiger partial charge in [0.05, 0.1) is 14.2 Å². The summed E-state index contributed by atoms with van der Waals surface area (Å²) in [6, 6.07) is 32.8. The first kappa shape index (κ1) is 44.1. The summed E-state index contributed by atoms with van der Waals surface area (Å²) < 4.78 is 25.0. The van der Waals surface area contributed by atoms with Crippen molar-refractivity contribution in [3.63, 3.8) is 0 Å². The van der Waals surface area contributed by atoms with Crippen LogP contribution in [0.4, 0.5) is 4.39 Å². The van der Waals surface area contributed by atoms with E-state index in [1.807, 2.05) is 0 Å². The van der Waals surface area contributed by atoms with E-state index in [4.69, 9.17) is 15.2 Å². The monoisotopic (exact) mass is 791 g/mol. The van der Waals surface area contributed by atoms with Crippen molar-refractivity contribution in [1.29, 1.82) is 0 Å². The predicted octanol–water partition coefficient (Wildman–Crippen LogP) is 9.48. The van der Waals surface area contributed by atoms with Crippen molar-refractivity contribution in [2.24, 2.45) is 17.6 Å². The highest BCUT2D eigenvalue weighted by Crippen LogP contribution is 2.50. The third-order valence-electron chi connectivity index (χ3n) is 12.3. The average Bonchev–Trinajstić information content (AvgIpc) is 3.21. The van der Waals surface area contributed by atoms with E-state index in [2.05, 4.69) is 83.4 Å². The van der Waals surface area contributed by atoms with Crippen molar-refractivity contribution >= 4 is 30.7 Å². The molecule has 0 saturated heterocycles. The molecule has 298 valence electrons. The van der Waals surface area contributed by atoms with Crippen LogP contribution in [0, 0.1) is 17.7 Å². The lowest BCUT2D eigenvalue weighted by Gasteiger charge is -2.49. The molecule has 1 saturated carbocycles. The number of fused-ring (bicyclic) bond motifs is 1. The second kappa shape index (κ2) is 21.1. The van der Waals surface area contributed by atoms with Gasteiger partial charge in [0, 0.05) is 30.5 Å². The SMILES string of the molecule is COc1cc2c(cc1OC)C(CCCC(CCCNC(=O)CCc1ccc(F)cc1)(c1ccccc1)c1ccccc1)(C1CCC(CN)CC1)NCC2.Cl.Cl. The van der Waals surface area contributed by atoms with E-state index >= 15 is 0 Å². The molecule has 1 aliphatic carbocycles. The zero-order valence-corrected chi connectivity index (χ0v) is 34.1. The number of ether oxygens (including phenoxy) is 2. The molecule has 55 heavy (non-hydrogen) atoms. The molecule has 1 fully saturated rings. The number of benzene rings is 4. The standard InChI is InChI=1S/C46H58FN3O3.2ClH/c1-52-42-31-36-25-30-50-46(41(36)32-43(42)53-2,39-20-15-35(33-48)16-21-39)28-9-26-45(37-11-5-3-6-12-37,38-13-7-4-8-14-38)27-10-29-49-44(51)24-19-34-17-22-40(47)23-18-34;;/h3-8,11-14,17-18,22-23,31-32,35,39,50H,9-10,15-16,19-21,24-30,33,48H2,1-2H3,(H,49,51);2*1H. The van der Waals surface area contributed by atoms with Crippen LogP contribution in [0.2, 0.25) is 0 Å². The smallest absolute Gasteiger partial charge is 0.220 e. The summed E-state index contributed by atoms with van der Waals surface area (Å²) in [5, 5.41) is 7.33. The Balaban J connectivity index is 0.00000336. The molecule has 4 aromatic carbocycles. The van der Waals surface area contributed by atoms with Crippen LogP contribution in [0.5, 0.6) is 11.5 Å². The lowest BCUT2D eigenvalue weighted by atomic mass is 9.63. The van der Waals surface area contributed by atoms with E-state index in [0.717, 1.165) is 81.5 Å². The fourth-order valence-electron chi connectivity index (χ4n) is 9.41. The Morgan fingerprint density at radius 2 is 1.45 bits per heavy atom. The fraction of sp³-hybridized carbons (Fsp3) is 0.457. The van der Waals surface area contributed by atoms with Crippen molar-refractivity contribution in [3.05, 3.63) is 131 Å². The molecule has 0 spiro atoms. The largest absolute Gasteiger partial charge is 0.493 e. The molecule has 1 aliphatic heterocycles. The summed E-state index contributed by atoms with van der Waals surface area (Å²) in [6.45, 7) is 2.30. The quantitative estimate of drug-likeness (QED) is 0.0929. The Morgan fingerprint density at radius 3 is 2.05 bits per heavy atom. The molecule has 0 aromatic heterocycles. The summed E-state index contributed by atoms with van der Waals surface area (Å²) in [6.07, 6.45) is 11.3. The van der Waals surface area contributed by atoms with Crippen molar-refractivity contribution in [2.45, 2.75) is 88.0 Å². The van der Waals surface area contributed by atoms with E-state index in [0.29, 0.717) is 31.2 Å². The number of hydrogen-bond acceptors (Lipinski definition) is 5. The van der Waals surface area contributed by atoms with Crippen LogP contribution in [0.3, 0.4) is 0 Å². The number of amides is 1. The molecule has 0 radical (unpaired) electrons. The van der Waals surface area contributed by atoms with Crippen molar-refractivity contribution in [1.82, 2.24) is 10.6 Å². The number of carbonyl (C=O) groups excluding carboxylic acids is 1. The van der Waals surface area contributed by atoms with Gasteiger partial charge in [-0.25, -0.2) is 4.39 Å². The van der Waals surface area contributed by atoms with E-state index in [1.54, 1.807) is 26.4 Å². The maximum atomic E-state index is 13.4. The van der Waals surface area contributed by atoms with Crippen LogP contribution in [-0.4, -0.2) is 39.8 Å². The second-order valence-corrected chi connectivity index (χ2v) is 15.2. The second-order valence-electron chi connectivity index (χ2n) is 15.2. The third kappa shape index (κ3) is 10.4. The minimum atomic E-state index is -0.260. The molecule has 6 rings (SSSR count). The van der Waals surface area contributed by atoms with Crippen molar-refractivity contribution in [3.8, 4) is 11.5 Å². The number of carbonyl (C=O) groups is 1. The van der Waals surface area contributed by atoms with Crippen LogP contribution in [0.1, 0.15) is 92.0 Å². The molecule has 6 nitrogen and oxygen atoms in total. The van der Waals surface area contributed by atoms with Gasteiger partial charge < -0.3 is 25.8 Å². The molecule has 1 amide bonds. The molecule has 0 bridgehead atoms. The number of nitrogens with two attached hydrogens (primary N) is 1. The summed E-state index contributed by atoms with van der Waals surface area (Å²) in [5.74, 6) is 2.45. The highest BCUT2D eigenvalue weighted by molar-refractivity contribution is 5.85. The van der Waals surface area contributed by atoms with Crippen molar-refractivity contribution in [2.75, 3.05) is 33.9 Å². The Bertz CT molecular complexity index is 1710. The number of hydrogen-bond donors (Lipinski definition) is 3. The van der Waals surface area contributed by atoms with Crippen LogP contribution < -0.4 is 25.8 Å². The van der Waals surface area contributed by atoms with Gasteiger partial charge in [-0.05, 0) is 135 Å². The summed E-state index contributed by atoms with van der Waals surface area (Å²) in [7, 11) is 3.45. The van der Waals surface area contributed by atoms with E-state index in [-0.39, 0.29) is 47.5 Å². The lowest BCUT2D eigenvalue weighted by Crippen LogP contribution is -2.53. The van der Waals surface area contributed by atoms with Gasteiger partial charge in [-0.3, -0.25) is 4.79 Å². The van der Waals surface area contributed by atoms with Crippen LogP contribution >= 0.6 is 24.8 Å². The van der Waals surface area contributed by atoms with Crippen LogP contribution in [0.25, 0.3) is 0 Å². The number of rotatable bonds is 17. The normalized spacial score (nSPS) is 19.3. The van der Waals surface area contributed by atoms with Gasteiger partial charge in [0.2, 0.25) is 5.91 Å². The van der Waals surface area contributed by atoms with Gasteiger partial charge in [0.1, 0.15) is 5.82 Å². The molecule has 2 aliphatic rings. The molecule has 4 N–H and O–H groups in total. The maximum absolute atomic E-state index is 13.4. The van der Waals surface area contributed by atoms with E-state index in [9.17, 15) is 9.18 Å². The van der Waals surface area contributed by atoms with E-state index in [1.165, 1.54) is 47.2 Å². The zero-order valence-electron chi connectivity index (χ0n) is 32.5. The Labute approximate surface area is 340 Å². The summed E-state index contributed by atoms with van der Waals surface area (Å²) >= 11 is 0. The van der Waals surface area contributed by atoms with Gasteiger partial charge in [0.15, 0.2) is 11.5 Å². The number of methoxy groups -OCH3 is 2. The summed E-state index contributed by atoms with van der Waals surface area (Å²) in [5.41, 5.74) is 12.1. The molecule has 9 heteroatoms. The first-order chi connectivity index (χ1) is 25.9. The Hall–Kier alpha value is -3.62. The highest BCUT2D eigenvalue weighted by atomic mass is 35.5. The molecule has 1 atom stereocenters. The fourth-order valence-corrected chi connectivity index (χ4v) is 9.41. The molecular formula is C46H60Cl2FN3O3. The van der Waals surface area contributed by atoms with Gasteiger partial charge >= 0.3 is 0 Å². The van der Waals surface area contributed by atoms with Crippen LogP contribution in [-0.2, 0) is 28.6 Å². The first-order valence-corrected chi connectivity index (χ1v) is 19.7.